The van der Waals surface area contributed by atoms with Crippen molar-refractivity contribution in [1.29, 1.82) is 0 Å². The molecule has 1 rings (SSSR count). The van der Waals surface area contributed by atoms with Crippen LogP contribution in [-0.4, -0.2) is 32.1 Å². The zero-order valence-electron chi connectivity index (χ0n) is 9.78. The minimum atomic E-state index is -0.425. The molecule has 0 spiro atoms. The average molecular weight is 224 g/mol. The first-order valence-electron chi connectivity index (χ1n) is 5.19. The number of Topliss-reactive ketones (excluding diaryl/α,β-unsaturated/α-hetero) is 1. The second-order valence-electron chi connectivity index (χ2n) is 3.57. The molecule has 0 fully saturated rings. The summed E-state index contributed by atoms with van der Waals surface area (Å²) in [5.74, 6) is -0.869. The van der Waals surface area contributed by atoms with Crippen LogP contribution in [0.4, 0.5) is 0 Å². The van der Waals surface area contributed by atoms with Crippen LogP contribution in [0.3, 0.4) is 0 Å². The minimum absolute atomic E-state index is 0.0556. The number of esters is 1. The van der Waals surface area contributed by atoms with E-state index in [1.54, 1.807) is 19.1 Å². The van der Waals surface area contributed by atoms with Crippen molar-refractivity contribution in [3.8, 4) is 0 Å². The number of carbonyl (C=O) groups excluding carboxylic acids is 2. The zero-order chi connectivity index (χ0) is 12.1. The lowest BCUT2D eigenvalue weighted by atomic mass is 10.1. The molecule has 0 radical (unpaired) electrons. The quantitative estimate of drug-likeness (QED) is 0.660. The predicted molar refractivity (Wildman–Crippen MR) is 58.8 cm³/mol. The Balaban J connectivity index is 2.71. The molecule has 0 heterocycles. The number of methoxy groups -OCH3 is 1. The first-order valence-corrected chi connectivity index (χ1v) is 5.19. The summed E-state index contributed by atoms with van der Waals surface area (Å²) >= 11 is 0. The van der Waals surface area contributed by atoms with Gasteiger partial charge in [-0.05, 0) is 13.8 Å². The van der Waals surface area contributed by atoms with Crippen LogP contribution < -0.4 is 0 Å². The average Bonchev–Trinajstić information content (AvgIpc) is 2.67. The summed E-state index contributed by atoms with van der Waals surface area (Å²) < 4.78 is 9.68. The van der Waals surface area contributed by atoms with Crippen molar-refractivity contribution >= 4 is 11.8 Å². The third-order valence-corrected chi connectivity index (χ3v) is 2.43. The number of ketones is 1. The SMILES string of the molecule is CCOCC(=O)C1=CC(C(=O)OC)C(C)=C1. The van der Waals surface area contributed by atoms with Crippen LogP contribution in [0, 0.1) is 5.92 Å². The molecule has 0 aliphatic heterocycles. The number of rotatable bonds is 5. The Morgan fingerprint density at radius 1 is 1.44 bits per heavy atom. The first kappa shape index (κ1) is 12.6. The molecule has 1 unspecified atom stereocenters. The van der Waals surface area contributed by atoms with Gasteiger partial charge in [0.25, 0.3) is 0 Å². The van der Waals surface area contributed by atoms with E-state index in [4.69, 9.17) is 4.74 Å². The monoisotopic (exact) mass is 224 g/mol. The maximum atomic E-state index is 11.6. The first-order chi connectivity index (χ1) is 7.60. The van der Waals surface area contributed by atoms with Gasteiger partial charge in [0.2, 0.25) is 0 Å². The molecule has 0 saturated heterocycles. The van der Waals surface area contributed by atoms with Crippen molar-refractivity contribution in [1.82, 2.24) is 0 Å². The van der Waals surface area contributed by atoms with Gasteiger partial charge in [-0.15, -0.1) is 0 Å². The van der Waals surface area contributed by atoms with E-state index in [-0.39, 0.29) is 18.4 Å². The highest BCUT2D eigenvalue weighted by molar-refractivity contribution is 6.01. The molecule has 0 aromatic heterocycles. The van der Waals surface area contributed by atoms with Crippen molar-refractivity contribution in [2.45, 2.75) is 13.8 Å². The second kappa shape index (κ2) is 5.61. The van der Waals surface area contributed by atoms with Crippen LogP contribution in [0.5, 0.6) is 0 Å². The number of carbonyl (C=O) groups is 2. The third-order valence-electron chi connectivity index (χ3n) is 2.43. The molecule has 0 aromatic carbocycles. The molecule has 1 aliphatic rings. The third kappa shape index (κ3) is 2.79. The minimum Gasteiger partial charge on any atom is -0.468 e. The summed E-state index contributed by atoms with van der Waals surface area (Å²) in [6.45, 7) is 4.19. The van der Waals surface area contributed by atoms with E-state index in [0.29, 0.717) is 12.2 Å². The Labute approximate surface area is 94.9 Å². The second-order valence-corrected chi connectivity index (χ2v) is 3.57. The smallest absolute Gasteiger partial charge is 0.316 e. The van der Waals surface area contributed by atoms with Crippen LogP contribution >= 0.6 is 0 Å². The molecule has 1 atom stereocenters. The van der Waals surface area contributed by atoms with Crippen molar-refractivity contribution in [2.24, 2.45) is 5.92 Å². The van der Waals surface area contributed by atoms with Crippen molar-refractivity contribution in [2.75, 3.05) is 20.3 Å². The highest BCUT2D eigenvalue weighted by Crippen LogP contribution is 2.25. The van der Waals surface area contributed by atoms with Gasteiger partial charge in [-0.3, -0.25) is 9.59 Å². The highest BCUT2D eigenvalue weighted by Gasteiger charge is 2.26. The predicted octanol–water partition coefficient (Wildman–Crippen LogP) is 1.27. The molecule has 16 heavy (non-hydrogen) atoms. The summed E-state index contributed by atoms with van der Waals surface area (Å²) in [4.78, 5) is 23.0. The topological polar surface area (TPSA) is 52.6 Å². The summed E-state index contributed by atoms with van der Waals surface area (Å²) in [6.07, 6.45) is 3.34. The van der Waals surface area contributed by atoms with Gasteiger partial charge in [0.1, 0.15) is 6.61 Å². The van der Waals surface area contributed by atoms with Crippen LogP contribution in [0.1, 0.15) is 13.8 Å². The number of hydrogen-bond acceptors (Lipinski definition) is 4. The van der Waals surface area contributed by atoms with Gasteiger partial charge in [0.15, 0.2) is 5.78 Å². The van der Waals surface area contributed by atoms with Crippen LogP contribution in [0.25, 0.3) is 0 Å². The molecule has 0 N–H and O–H groups in total. The van der Waals surface area contributed by atoms with E-state index in [2.05, 4.69) is 4.74 Å². The zero-order valence-corrected chi connectivity index (χ0v) is 9.78. The van der Waals surface area contributed by atoms with E-state index in [9.17, 15) is 9.59 Å². The standard InChI is InChI=1S/C12H16O4/c1-4-16-7-11(13)9-5-8(2)10(6-9)12(14)15-3/h5-6,10H,4,7H2,1-3H3. The van der Waals surface area contributed by atoms with E-state index in [0.717, 1.165) is 5.57 Å². The van der Waals surface area contributed by atoms with Gasteiger partial charge in [-0.25, -0.2) is 0 Å². The summed E-state index contributed by atoms with van der Waals surface area (Å²) in [5, 5.41) is 0. The lowest BCUT2D eigenvalue weighted by Gasteiger charge is -2.05. The van der Waals surface area contributed by atoms with Crippen LogP contribution in [-0.2, 0) is 19.1 Å². The van der Waals surface area contributed by atoms with Gasteiger partial charge in [-0.2, -0.15) is 0 Å². The summed E-state index contributed by atoms with van der Waals surface area (Å²) in [6, 6.07) is 0. The summed E-state index contributed by atoms with van der Waals surface area (Å²) in [7, 11) is 1.34. The van der Waals surface area contributed by atoms with E-state index >= 15 is 0 Å². The molecule has 0 saturated carbocycles. The van der Waals surface area contributed by atoms with E-state index in [1.165, 1.54) is 7.11 Å². The molecule has 4 heteroatoms. The maximum absolute atomic E-state index is 11.6. The molecular formula is C12H16O4. The number of ether oxygens (including phenoxy) is 2. The van der Waals surface area contributed by atoms with Crippen molar-refractivity contribution in [3.63, 3.8) is 0 Å². The van der Waals surface area contributed by atoms with Gasteiger partial charge in [0, 0.05) is 12.2 Å². The normalized spacial score (nSPS) is 19.1. The number of hydrogen-bond donors (Lipinski definition) is 0. The Kier molecular flexibility index (Phi) is 4.43. The van der Waals surface area contributed by atoms with E-state index < -0.39 is 5.92 Å². The molecule has 0 amide bonds. The lowest BCUT2D eigenvalue weighted by Crippen LogP contribution is -2.14. The largest absolute Gasteiger partial charge is 0.468 e. The Morgan fingerprint density at radius 2 is 2.12 bits per heavy atom. The van der Waals surface area contributed by atoms with Gasteiger partial charge >= 0.3 is 5.97 Å². The van der Waals surface area contributed by atoms with Gasteiger partial charge < -0.3 is 9.47 Å². The molecule has 0 bridgehead atoms. The summed E-state index contributed by atoms with van der Waals surface area (Å²) in [5.41, 5.74) is 1.35. The molecule has 88 valence electrons. The fourth-order valence-corrected chi connectivity index (χ4v) is 1.53. The van der Waals surface area contributed by atoms with Crippen molar-refractivity contribution < 1.29 is 19.1 Å². The Morgan fingerprint density at radius 3 is 2.69 bits per heavy atom. The molecule has 0 aromatic rings. The fourth-order valence-electron chi connectivity index (χ4n) is 1.53. The fraction of sp³-hybridized carbons (Fsp3) is 0.500. The molecule has 1 aliphatic carbocycles. The molecule has 4 nitrogen and oxygen atoms in total. The Hall–Kier alpha value is -1.42. The van der Waals surface area contributed by atoms with Gasteiger partial charge in [0.05, 0.1) is 13.0 Å². The van der Waals surface area contributed by atoms with Crippen LogP contribution in [0.15, 0.2) is 23.3 Å². The van der Waals surface area contributed by atoms with Gasteiger partial charge in [-0.1, -0.05) is 17.7 Å². The van der Waals surface area contributed by atoms with Crippen LogP contribution in [0.2, 0.25) is 0 Å². The van der Waals surface area contributed by atoms with E-state index in [1.807, 2.05) is 6.92 Å². The van der Waals surface area contributed by atoms with Crippen molar-refractivity contribution in [3.05, 3.63) is 23.3 Å². The highest BCUT2D eigenvalue weighted by atomic mass is 16.5. The molecular weight excluding hydrogens is 208 g/mol. The number of allylic oxidation sites excluding steroid dienone is 1. The maximum Gasteiger partial charge on any atom is 0.316 e. The Bertz CT molecular complexity index is 352. The lowest BCUT2D eigenvalue weighted by molar-refractivity contribution is -0.142.